The first-order valence-electron chi connectivity index (χ1n) is 12.6. The van der Waals surface area contributed by atoms with Crippen LogP contribution >= 0.6 is 11.6 Å². The van der Waals surface area contributed by atoms with Gasteiger partial charge in [0.15, 0.2) is 0 Å². The molecule has 4 heterocycles. The van der Waals surface area contributed by atoms with Crippen LogP contribution in [-0.2, 0) is 16.1 Å². The topological polar surface area (TPSA) is 103 Å². The molecule has 1 unspecified atom stereocenters. The number of aromatic nitrogens is 1. The molecule has 4 amide bonds. The molecule has 3 aliphatic rings. The molecular weight excluding hydrogens is 492 g/mol. The Morgan fingerprint density at radius 1 is 1.03 bits per heavy atom. The number of imide groups is 1. The lowest BCUT2D eigenvalue weighted by Gasteiger charge is -2.32. The highest BCUT2D eigenvalue weighted by molar-refractivity contribution is 6.31. The normalized spacial score (nSPS) is 20.5. The third-order valence-electron chi connectivity index (χ3n) is 8.04. The monoisotopic (exact) mass is 518 g/mol. The zero-order valence-electron chi connectivity index (χ0n) is 20.5. The van der Waals surface area contributed by atoms with Crippen molar-refractivity contribution in [2.75, 3.05) is 13.1 Å². The third-order valence-corrected chi connectivity index (χ3v) is 8.27. The van der Waals surface area contributed by atoms with Crippen LogP contribution in [0.1, 0.15) is 69.1 Å². The molecule has 6 rings (SSSR count). The summed E-state index contributed by atoms with van der Waals surface area (Å²) in [5.74, 6) is -0.560. The summed E-state index contributed by atoms with van der Waals surface area (Å²) in [5, 5.41) is 3.97. The molecule has 0 aliphatic carbocycles. The van der Waals surface area contributed by atoms with Gasteiger partial charge in [-0.25, -0.2) is 0 Å². The Kier molecular flexibility index (Phi) is 5.79. The number of halogens is 1. The molecule has 2 aromatic carbocycles. The molecule has 0 bridgehead atoms. The number of hydrogen-bond acceptors (Lipinski definition) is 4. The molecular formula is C28H27ClN4O4. The van der Waals surface area contributed by atoms with Crippen LogP contribution in [0.25, 0.3) is 10.9 Å². The van der Waals surface area contributed by atoms with E-state index < -0.39 is 11.9 Å². The number of benzene rings is 2. The van der Waals surface area contributed by atoms with Gasteiger partial charge in [0, 0.05) is 47.5 Å². The van der Waals surface area contributed by atoms with Gasteiger partial charge in [-0.15, -0.1) is 0 Å². The predicted octanol–water partition coefficient (Wildman–Crippen LogP) is 3.91. The van der Waals surface area contributed by atoms with Gasteiger partial charge in [-0.2, -0.15) is 0 Å². The lowest BCUT2D eigenvalue weighted by atomic mass is 9.87. The third kappa shape index (κ3) is 4.09. The van der Waals surface area contributed by atoms with E-state index in [0.717, 1.165) is 40.4 Å². The molecule has 3 aliphatic heterocycles. The molecule has 2 fully saturated rings. The van der Waals surface area contributed by atoms with Crippen LogP contribution in [0.2, 0.25) is 5.02 Å². The summed E-state index contributed by atoms with van der Waals surface area (Å²) in [6, 6.07) is 10.9. The van der Waals surface area contributed by atoms with Crippen LogP contribution in [0.3, 0.4) is 0 Å². The SMILES string of the molecule is Cc1c(C(=O)N2CCC(c3ccc4c(c3)CN(C3CCC(=O)NC3=O)C4=O)CC2)[nH]c2cc(Cl)ccc12. The van der Waals surface area contributed by atoms with E-state index in [0.29, 0.717) is 42.3 Å². The number of carbonyl (C=O) groups excluding carboxylic acids is 4. The van der Waals surface area contributed by atoms with E-state index in [9.17, 15) is 19.2 Å². The summed E-state index contributed by atoms with van der Waals surface area (Å²) < 4.78 is 0. The minimum atomic E-state index is -0.612. The summed E-state index contributed by atoms with van der Waals surface area (Å²) in [4.78, 5) is 56.8. The zero-order chi connectivity index (χ0) is 25.8. The molecule has 37 heavy (non-hydrogen) atoms. The van der Waals surface area contributed by atoms with E-state index in [1.807, 2.05) is 42.2 Å². The maximum atomic E-state index is 13.3. The number of H-pyrrole nitrogens is 1. The number of fused-ring (bicyclic) bond motifs is 2. The van der Waals surface area contributed by atoms with Gasteiger partial charge in [0.25, 0.3) is 11.8 Å². The quantitative estimate of drug-likeness (QED) is 0.513. The number of rotatable bonds is 3. The van der Waals surface area contributed by atoms with E-state index in [-0.39, 0.29) is 30.1 Å². The Balaban J connectivity index is 1.13. The molecule has 0 spiro atoms. The first kappa shape index (κ1) is 23.7. The standard InChI is InChI=1S/C28H27ClN4O4/c1-15-20-5-3-19(29)13-22(20)30-25(15)28(37)32-10-8-16(9-11-32)17-2-4-21-18(12-17)14-33(27(21)36)23-6-7-24(34)31-26(23)35/h2-5,12-13,16,23,30H,6-11,14H2,1H3,(H,31,34,35). The highest BCUT2D eigenvalue weighted by Crippen LogP contribution is 2.34. The van der Waals surface area contributed by atoms with Crippen molar-refractivity contribution < 1.29 is 19.2 Å². The van der Waals surface area contributed by atoms with Crippen LogP contribution in [0.4, 0.5) is 0 Å². The van der Waals surface area contributed by atoms with Crippen molar-refractivity contribution in [3.63, 3.8) is 0 Å². The molecule has 3 aromatic rings. The number of carbonyl (C=O) groups is 4. The minimum Gasteiger partial charge on any atom is -0.350 e. The smallest absolute Gasteiger partial charge is 0.270 e. The molecule has 190 valence electrons. The second kappa shape index (κ2) is 9.03. The first-order valence-corrected chi connectivity index (χ1v) is 13.0. The largest absolute Gasteiger partial charge is 0.350 e. The Morgan fingerprint density at radius 3 is 2.57 bits per heavy atom. The fourth-order valence-electron chi connectivity index (χ4n) is 5.95. The van der Waals surface area contributed by atoms with E-state index in [1.165, 1.54) is 0 Å². The van der Waals surface area contributed by atoms with Gasteiger partial charge >= 0.3 is 0 Å². The summed E-state index contributed by atoms with van der Waals surface area (Å²) in [7, 11) is 0. The fourth-order valence-corrected chi connectivity index (χ4v) is 6.12. The predicted molar refractivity (Wildman–Crippen MR) is 138 cm³/mol. The molecule has 8 nitrogen and oxygen atoms in total. The number of amides is 4. The Morgan fingerprint density at radius 2 is 1.81 bits per heavy atom. The molecule has 1 aromatic heterocycles. The summed E-state index contributed by atoms with van der Waals surface area (Å²) in [5.41, 5.74) is 5.10. The molecule has 0 radical (unpaired) electrons. The minimum absolute atomic E-state index is 0.00250. The van der Waals surface area contributed by atoms with Crippen molar-refractivity contribution in [2.24, 2.45) is 0 Å². The van der Waals surface area contributed by atoms with Crippen LogP contribution < -0.4 is 5.32 Å². The summed E-state index contributed by atoms with van der Waals surface area (Å²) in [6.45, 7) is 3.63. The molecule has 0 saturated carbocycles. The van der Waals surface area contributed by atoms with Crippen molar-refractivity contribution in [3.8, 4) is 0 Å². The number of nitrogens with one attached hydrogen (secondary N) is 2. The number of aryl methyl sites for hydroxylation is 1. The van der Waals surface area contributed by atoms with Crippen molar-refractivity contribution >= 4 is 46.1 Å². The second-order valence-electron chi connectivity index (χ2n) is 10.2. The lowest BCUT2D eigenvalue weighted by Crippen LogP contribution is -2.52. The number of nitrogens with zero attached hydrogens (tertiary/aromatic N) is 2. The number of piperidine rings is 2. The van der Waals surface area contributed by atoms with Crippen molar-refractivity contribution in [1.29, 1.82) is 0 Å². The van der Waals surface area contributed by atoms with Gasteiger partial charge in [0.2, 0.25) is 11.8 Å². The maximum absolute atomic E-state index is 13.3. The van der Waals surface area contributed by atoms with Gasteiger partial charge in [0.05, 0.1) is 0 Å². The Bertz CT molecular complexity index is 1470. The zero-order valence-corrected chi connectivity index (χ0v) is 21.2. The van der Waals surface area contributed by atoms with E-state index >= 15 is 0 Å². The number of aromatic amines is 1. The highest BCUT2D eigenvalue weighted by atomic mass is 35.5. The highest BCUT2D eigenvalue weighted by Gasteiger charge is 2.39. The van der Waals surface area contributed by atoms with Crippen molar-refractivity contribution in [1.82, 2.24) is 20.1 Å². The second-order valence-corrected chi connectivity index (χ2v) is 10.6. The van der Waals surface area contributed by atoms with Gasteiger partial charge < -0.3 is 14.8 Å². The maximum Gasteiger partial charge on any atom is 0.270 e. The van der Waals surface area contributed by atoms with Gasteiger partial charge in [-0.1, -0.05) is 29.8 Å². The number of hydrogen-bond donors (Lipinski definition) is 2. The van der Waals surface area contributed by atoms with Crippen molar-refractivity contribution in [3.05, 3.63) is 69.4 Å². The van der Waals surface area contributed by atoms with Gasteiger partial charge in [-0.3, -0.25) is 24.5 Å². The summed E-state index contributed by atoms with van der Waals surface area (Å²) >= 11 is 6.12. The average Bonchev–Trinajstić information content (AvgIpc) is 3.39. The lowest BCUT2D eigenvalue weighted by molar-refractivity contribution is -0.136. The van der Waals surface area contributed by atoms with Crippen LogP contribution in [-0.4, -0.2) is 57.5 Å². The van der Waals surface area contributed by atoms with Crippen LogP contribution in [0.5, 0.6) is 0 Å². The van der Waals surface area contributed by atoms with Crippen LogP contribution in [0.15, 0.2) is 36.4 Å². The number of likely N-dealkylation sites (tertiary alicyclic amines) is 1. The Labute approximate surface area is 218 Å². The Hall–Kier alpha value is -3.65. The van der Waals surface area contributed by atoms with E-state index in [4.69, 9.17) is 11.6 Å². The summed E-state index contributed by atoms with van der Waals surface area (Å²) in [6.07, 6.45) is 2.26. The van der Waals surface area contributed by atoms with Gasteiger partial charge in [-0.05, 0) is 67.0 Å². The van der Waals surface area contributed by atoms with Gasteiger partial charge in [0.1, 0.15) is 11.7 Å². The fraction of sp³-hybridized carbons (Fsp3) is 0.357. The molecule has 2 N–H and O–H groups in total. The molecule has 1 atom stereocenters. The van der Waals surface area contributed by atoms with Crippen molar-refractivity contribution in [2.45, 2.75) is 51.1 Å². The molecule has 2 saturated heterocycles. The average molecular weight is 519 g/mol. The van der Waals surface area contributed by atoms with Crippen LogP contribution in [0, 0.1) is 6.92 Å². The van der Waals surface area contributed by atoms with E-state index in [1.54, 1.807) is 4.90 Å². The first-order chi connectivity index (χ1) is 17.8. The molecule has 9 heteroatoms. The van der Waals surface area contributed by atoms with E-state index in [2.05, 4.69) is 16.4 Å².